The molecule has 1 atom stereocenters. The number of halogens is 1. The zero-order valence-corrected chi connectivity index (χ0v) is 9.60. The summed E-state index contributed by atoms with van der Waals surface area (Å²) in [5.41, 5.74) is 6.87. The average Bonchev–Trinajstić information content (AvgIpc) is 2.37. The summed E-state index contributed by atoms with van der Waals surface area (Å²) in [5.74, 6) is -0.686. The van der Waals surface area contributed by atoms with Gasteiger partial charge in [0.05, 0.1) is 5.69 Å². The maximum atomic E-state index is 13.9. The van der Waals surface area contributed by atoms with E-state index >= 15 is 0 Å². The molecule has 0 aliphatic heterocycles. The van der Waals surface area contributed by atoms with Crippen LogP contribution in [0.5, 0.6) is 0 Å². The van der Waals surface area contributed by atoms with Crippen molar-refractivity contribution in [2.24, 2.45) is 0 Å². The number of nitrogens with zero attached hydrogens (tertiary/aromatic N) is 2. The Morgan fingerprint density at radius 2 is 1.94 bits per heavy atom. The second kappa shape index (κ2) is 4.91. The van der Waals surface area contributed by atoms with Gasteiger partial charge in [0.15, 0.2) is 11.6 Å². The van der Waals surface area contributed by atoms with Crippen LogP contribution in [0.2, 0.25) is 0 Å². The number of benzene rings is 1. The van der Waals surface area contributed by atoms with E-state index in [9.17, 15) is 4.39 Å². The molecule has 0 aliphatic carbocycles. The summed E-state index contributed by atoms with van der Waals surface area (Å²) in [7, 11) is 0. The van der Waals surface area contributed by atoms with Gasteiger partial charge in [-0.2, -0.15) is 0 Å². The summed E-state index contributed by atoms with van der Waals surface area (Å²) in [4.78, 5) is 7.66. The molecule has 2 N–H and O–H groups in total. The second-order valence-corrected chi connectivity index (χ2v) is 3.83. The predicted molar refractivity (Wildman–Crippen MR) is 65.0 cm³/mol. The zero-order valence-electron chi connectivity index (χ0n) is 9.60. The van der Waals surface area contributed by atoms with Crippen molar-refractivity contribution in [3.05, 3.63) is 53.7 Å². The average molecular weight is 231 g/mol. The number of aromatic nitrogens is 2. The topological polar surface area (TPSA) is 51.8 Å². The van der Waals surface area contributed by atoms with E-state index in [-0.39, 0.29) is 11.7 Å². The minimum atomic E-state index is -0.511. The number of nitrogens with two attached hydrogens (primary N) is 1. The monoisotopic (exact) mass is 231 g/mol. The van der Waals surface area contributed by atoms with Gasteiger partial charge in [-0.25, -0.2) is 14.4 Å². The Kier molecular flexibility index (Phi) is 3.32. The van der Waals surface area contributed by atoms with Crippen LogP contribution in [0, 0.1) is 5.82 Å². The quantitative estimate of drug-likeness (QED) is 0.883. The lowest BCUT2D eigenvalue weighted by molar-refractivity contribution is 0.575. The van der Waals surface area contributed by atoms with Crippen LogP contribution in [0.4, 0.5) is 10.2 Å². The number of nitrogen functional groups attached to an aromatic ring is 1. The van der Waals surface area contributed by atoms with E-state index < -0.39 is 5.82 Å². The van der Waals surface area contributed by atoms with E-state index in [2.05, 4.69) is 9.97 Å². The van der Waals surface area contributed by atoms with Crippen LogP contribution in [-0.4, -0.2) is 9.97 Å². The fourth-order valence-corrected chi connectivity index (χ4v) is 1.91. The lowest BCUT2D eigenvalue weighted by Crippen LogP contribution is -2.08. The molecule has 1 heterocycles. The SMILES string of the molecule is CCC(c1ccccc1)c1ncnc(N)c1F. The predicted octanol–water partition coefficient (Wildman–Crippen LogP) is 2.74. The zero-order chi connectivity index (χ0) is 12.3. The largest absolute Gasteiger partial charge is 0.381 e. The molecule has 88 valence electrons. The number of hydrogen-bond acceptors (Lipinski definition) is 3. The molecule has 0 saturated heterocycles. The van der Waals surface area contributed by atoms with E-state index in [1.807, 2.05) is 37.3 Å². The molecule has 3 nitrogen and oxygen atoms in total. The lowest BCUT2D eigenvalue weighted by Gasteiger charge is -2.15. The van der Waals surface area contributed by atoms with Crippen LogP contribution in [-0.2, 0) is 0 Å². The van der Waals surface area contributed by atoms with Gasteiger partial charge in [0.25, 0.3) is 0 Å². The van der Waals surface area contributed by atoms with E-state index in [1.54, 1.807) is 0 Å². The molecule has 0 spiro atoms. The van der Waals surface area contributed by atoms with Crippen LogP contribution in [0.15, 0.2) is 36.7 Å². The molecule has 0 fully saturated rings. The van der Waals surface area contributed by atoms with Gasteiger partial charge in [0.2, 0.25) is 0 Å². The fraction of sp³-hybridized carbons (Fsp3) is 0.231. The third-order valence-electron chi connectivity index (χ3n) is 2.78. The first-order valence-corrected chi connectivity index (χ1v) is 5.54. The van der Waals surface area contributed by atoms with Gasteiger partial charge in [-0.1, -0.05) is 37.3 Å². The molecule has 4 heteroatoms. The number of rotatable bonds is 3. The minimum Gasteiger partial charge on any atom is -0.381 e. The Morgan fingerprint density at radius 1 is 1.24 bits per heavy atom. The molecule has 1 aromatic heterocycles. The van der Waals surface area contributed by atoms with Crippen molar-refractivity contribution < 1.29 is 4.39 Å². The van der Waals surface area contributed by atoms with Crippen LogP contribution in [0.25, 0.3) is 0 Å². The standard InChI is InChI=1S/C13H14FN3/c1-2-10(9-6-4-3-5-7-9)12-11(14)13(15)17-8-16-12/h3-8,10H,2H2,1H3,(H2,15,16,17). The molecule has 0 saturated carbocycles. The Labute approximate surface area is 99.5 Å². The molecular weight excluding hydrogens is 217 g/mol. The third kappa shape index (κ3) is 2.25. The van der Waals surface area contributed by atoms with Crippen LogP contribution in [0.3, 0.4) is 0 Å². The summed E-state index contributed by atoms with van der Waals surface area (Å²) in [6.07, 6.45) is 2.07. The van der Waals surface area contributed by atoms with E-state index in [0.717, 1.165) is 12.0 Å². The van der Waals surface area contributed by atoms with Gasteiger partial charge in [0, 0.05) is 5.92 Å². The maximum absolute atomic E-state index is 13.9. The van der Waals surface area contributed by atoms with Crippen LogP contribution < -0.4 is 5.73 Å². The van der Waals surface area contributed by atoms with Gasteiger partial charge in [-0.05, 0) is 12.0 Å². The van der Waals surface area contributed by atoms with Crippen molar-refractivity contribution in [2.45, 2.75) is 19.3 Å². The van der Waals surface area contributed by atoms with Crippen molar-refractivity contribution in [1.82, 2.24) is 9.97 Å². The van der Waals surface area contributed by atoms with Crippen molar-refractivity contribution >= 4 is 5.82 Å². The van der Waals surface area contributed by atoms with Gasteiger partial charge >= 0.3 is 0 Å². The first-order chi connectivity index (χ1) is 8.24. The maximum Gasteiger partial charge on any atom is 0.187 e. The molecule has 17 heavy (non-hydrogen) atoms. The Hall–Kier alpha value is -1.97. The molecule has 0 amide bonds. The van der Waals surface area contributed by atoms with Gasteiger partial charge in [-0.15, -0.1) is 0 Å². The highest BCUT2D eigenvalue weighted by molar-refractivity contribution is 5.37. The van der Waals surface area contributed by atoms with Gasteiger partial charge < -0.3 is 5.73 Å². The Balaban J connectivity index is 2.46. The second-order valence-electron chi connectivity index (χ2n) is 3.83. The third-order valence-corrected chi connectivity index (χ3v) is 2.78. The van der Waals surface area contributed by atoms with Crippen LogP contribution in [0.1, 0.15) is 30.5 Å². The van der Waals surface area contributed by atoms with Crippen LogP contribution >= 0.6 is 0 Å². The summed E-state index contributed by atoms with van der Waals surface area (Å²) in [6, 6.07) is 9.72. The highest BCUT2D eigenvalue weighted by Gasteiger charge is 2.19. The lowest BCUT2D eigenvalue weighted by atomic mass is 9.93. The minimum absolute atomic E-state index is 0.0819. The van der Waals surface area contributed by atoms with Crippen molar-refractivity contribution in [3.63, 3.8) is 0 Å². The molecule has 0 radical (unpaired) electrons. The normalized spacial score (nSPS) is 12.4. The first kappa shape index (κ1) is 11.5. The Morgan fingerprint density at radius 3 is 2.59 bits per heavy atom. The van der Waals surface area contributed by atoms with E-state index in [4.69, 9.17) is 5.73 Å². The number of anilines is 1. The molecule has 2 aromatic rings. The molecular formula is C13H14FN3. The summed E-state index contributed by atoms with van der Waals surface area (Å²) >= 11 is 0. The summed E-state index contributed by atoms with van der Waals surface area (Å²) < 4.78 is 13.9. The van der Waals surface area contributed by atoms with E-state index in [1.165, 1.54) is 6.33 Å². The smallest absolute Gasteiger partial charge is 0.187 e. The van der Waals surface area contributed by atoms with Crippen molar-refractivity contribution in [1.29, 1.82) is 0 Å². The number of hydrogen-bond donors (Lipinski definition) is 1. The summed E-state index contributed by atoms with van der Waals surface area (Å²) in [5, 5.41) is 0. The Bertz CT molecular complexity index is 499. The molecule has 1 aromatic carbocycles. The first-order valence-electron chi connectivity index (χ1n) is 5.54. The van der Waals surface area contributed by atoms with Gasteiger partial charge in [-0.3, -0.25) is 0 Å². The highest BCUT2D eigenvalue weighted by Crippen LogP contribution is 2.28. The van der Waals surface area contributed by atoms with Gasteiger partial charge in [0.1, 0.15) is 6.33 Å². The summed E-state index contributed by atoms with van der Waals surface area (Å²) in [6.45, 7) is 2.00. The highest BCUT2D eigenvalue weighted by atomic mass is 19.1. The molecule has 0 bridgehead atoms. The molecule has 1 unspecified atom stereocenters. The van der Waals surface area contributed by atoms with E-state index in [0.29, 0.717) is 5.69 Å². The molecule has 0 aliphatic rings. The van der Waals surface area contributed by atoms with Crippen molar-refractivity contribution in [2.75, 3.05) is 5.73 Å². The fourth-order valence-electron chi connectivity index (χ4n) is 1.91. The van der Waals surface area contributed by atoms with Crippen molar-refractivity contribution in [3.8, 4) is 0 Å². The molecule has 2 rings (SSSR count).